The van der Waals surface area contributed by atoms with E-state index in [4.69, 9.17) is 10.8 Å². The maximum absolute atomic E-state index is 10.6. The Bertz CT molecular complexity index is 368. The van der Waals surface area contributed by atoms with Gasteiger partial charge < -0.3 is 10.8 Å². The first kappa shape index (κ1) is 8.91. The molecule has 0 aliphatic carbocycles. The first-order valence-electron chi connectivity index (χ1n) is 3.14. The van der Waals surface area contributed by atoms with Crippen molar-refractivity contribution in [3.8, 4) is 0 Å². The number of hydrogen-bond acceptors (Lipinski definition) is 5. The van der Waals surface area contributed by atoms with Gasteiger partial charge in [-0.3, -0.25) is 4.79 Å². The predicted octanol–water partition coefficient (Wildman–Crippen LogP) is -0.734. The maximum Gasteiger partial charge on any atom is 0.328 e. The summed E-state index contributed by atoms with van der Waals surface area (Å²) in [6.45, 7) is 0. The Morgan fingerprint density at radius 2 is 2.15 bits per heavy atom. The van der Waals surface area contributed by atoms with Crippen molar-refractivity contribution in [2.45, 2.75) is 0 Å². The summed E-state index contributed by atoms with van der Waals surface area (Å²) in [6, 6.07) is 0. The zero-order chi connectivity index (χ0) is 9.84. The van der Waals surface area contributed by atoms with Gasteiger partial charge in [-0.15, -0.1) is 0 Å². The van der Waals surface area contributed by atoms with E-state index in [9.17, 15) is 9.59 Å². The fourth-order valence-electron chi connectivity index (χ4n) is 0.626. The highest BCUT2D eigenvalue weighted by atomic mass is 16.6. The van der Waals surface area contributed by atoms with Crippen LogP contribution in [0.1, 0.15) is 16.2 Å². The van der Waals surface area contributed by atoms with Crippen molar-refractivity contribution in [3.63, 3.8) is 0 Å². The molecule has 0 aromatic carbocycles. The van der Waals surface area contributed by atoms with Gasteiger partial charge in [-0.2, -0.15) is 0 Å². The Hall–Kier alpha value is -2.18. The van der Waals surface area contributed by atoms with Crippen molar-refractivity contribution in [2.75, 3.05) is 0 Å². The van der Waals surface area contributed by atoms with Crippen molar-refractivity contribution in [1.29, 1.82) is 0 Å². The van der Waals surface area contributed by atoms with Gasteiger partial charge >= 0.3 is 5.97 Å². The lowest BCUT2D eigenvalue weighted by atomic mass is 10.3. The number of amides is 1. The first-order valence-corrected chi connectivity index (χ1v) is 3.14. The van der Waals surface area contributed by atoms with Gasteiger partial charge in [-0.25, -0.2) is 9.42 Å². The highest BCUT2D eigenvalue weighted by molar-refractivity contribution is 5.95. The van der Waals surface area contributed by atoms with E-state index in [1.807, 2.05) is 0 Å². The summed E-state index contributed by atoms with van der Waals surface area (Å²) in [5.41, 5.74) is 4.68. The number of aromatic nitrogens is 2. The van der Waals surface area contributed by atoms with Crippen molar-refractivity contribution in [1.82, 2.24) is 10.3 Å². The van der Waals surface area contributed by atoms with Crippen LogP contribution in [-0.4, -0.2) is 27.3 Å². The van der Waals surface area contributed by atoms with E-state index in [-0.39, 0.29) is 11.4 Å². The average molecular weight is 183 g/mol. The molecule has 7 nitrogen and oxygen atoms in total. The number of nitrogens with two attached hydrogens (primary N) is 1. The average Bonchev–Trinajstić information content (AvgIpc) is 2.47. The summed E-state index contributed by atoms with van der Waals surface area (Å²) >= 11 is 0. The molecular weight excluding hydrogens is 178 g/mol. The van der Waals surface area contributed by atoms with Crippen LogP contribution in [0.25, 0.3) is 6.08 Å². The molecule has 0 radical (unpaired) electrons. The van der Waals surface area contributed by atoms with Gasteiger partial charge in [-0.1, -0.05) is 0 Å². The van der Waals surface area contributed by atoms with E-state index in [0.717, 1.165) is 12.2 Å². The maximum atomic E-state index is 10.6. The standard InChI is InChI=1S/C6H5N3O4/c7-6(12)5-3(8-13-9-5)1-2-4(10)11/h1-2H,(H2,7,12)(H,10,11)/b2-1-. The largest absolute Gasteiger partial charge is 0.478 e. The minimum absolute atomic E-state index is 0.00472. The van der Waals surface area contributed by atoms with Crippen molar-refractivity contribution < 1.29 is 19.3 Å². The third-order valence-corrected chi connectivity index (χ3v) is 1.13. The molecule has 13 heavy (non-hydrogen) atoms. The molecule has 0 aliphatic heterocycles. The van der Waals surface area contributed by atoms with Crippen LogP contribution in [0.4, 0.5) is 0 Å². The molecule has 0 atom stereocenters. The molecule has 7 heteroatoms. The van der Waals surface area contributed by atoms with Crippen LogP contribution in [0.3, 0.4) is 0 Å². The second kappa shape index (κ2) is 3.48. The van der Waals surface area contributed by atoms with Crippen LogP contribution in [0.15, 0.2) is 10.7 Å². The van der Waals surface area contributed by atoms with Crippen LogP contribution < -0.4 is 5.73 Å². The third kappa shape index (κ3) is 2.12. The second-order valence-corrected chi connectivity index (χ2v) is 2.03. The number of rotatable bonds is 3. The Morgan fingerprint density at radius 1 is 1.46 bits per heavy atom. The van der Waals surface area contributed by atoms with E-state index >= 15 is 0 Å². The van der Waals surface area contributed by atoms with E-state index in [1.54, 1.807) is 0 Å². The SMILES string of the molecule is NC(=O)c1nonc1/C=C\C(=O)O. The number of carbonyl (C=O) groups excluding carboxylic acids is 1. The number of nitrogens with zero attached hydrogens (tertiary/aromatic N) is 2. The van der Waals surface area contributed by atoms with Crippen LogP contribution in [0.2, 0.25) is 0 Å². The van der Waals surface area contributed by atoms with Crippen molar-refractivity contribution >= 4 is 18.0 Å². The van der Waals surface area contributed by atoms with Gasteiger partial charge in [-0.05, 0) is 16.4 Å². The molecule has 1 amide bonds. The van der Waals surface area contributed by atoms with Crippen LogP contribution in [0.5, 0.6) is 0 Å². The normalized spacial score (nSPS) is 10.5. The molecule has 0 fully saturated rings. The third-order valence-electron chi connectivity index (χ3n) is 1.13. The lowest BCUT2D eigenvalue weighted by Gasteiger charge is -1.84. The molecule has 0 aliphatic rings. The molecule has 0 saturated heterocycles. The second-order valence-electron chi connectivity index (χ2n) is 2.03. The highest BCUT2D eigenvalue weighted by Gasteiger charge is 2.12. The van der Waals surface area contributed by atoms with Gasteiger partial charge in [0.15, 0.2) is 5.69 Å². The monoisotopic (exact) mass is 183 g/mol. The summed E-state index contributed by atoms with van der Waals surface area (Å²) in [6.07, 6.45) is 1.87. The zero-order valence-corrected chi connectivity index (χ0v) is 6.30. The molecule has 3 N–H and O–H groups in total. The molecule has 0 spiro atoms. The molecule has 1 aromatic heterocycles. The number of carboxylic acids is 1. The molecular formula is C6H5N3O4. The Morgan fingerprint density at radius 3 is 2.69 bits per heavy atom. The number of carbonyl (C=O) groups is 2. The van der Waals surface area contributed by atoms with Gasteiger partial charge in [0.25, 0.3) is 5.91 Å². The highest BCUT2D eigenvalue weighted by Crippen LogP contribution is 2.03. The van der Waals surface area contributed by atoms with Crippen LogP contribution in [-0.2, 0) is 4.79 Å². The van der Waals surface area contributed by atoms with Crippen molar-refractivity contribution in [3.05, 3.63) is 17.5 Å². The van der Waals surface area contributed by atoms with Gasteiger partial charge in [0, 0.05) is 6.08 Å². The Balaban J connectivity index is 2.95. The minimum atomic E-state index is -1.17. The Kier molecular flexibility index (Phi) is 2.38. The molecule has 1 heterocycles. The fourth-order valence-corrected chi connectivity index (χ4v) is 0.626. The molecule has 0 unspecified atom stereocenters. The zero-order valence-electron chi connectivity index (χ0n) is 6.30. The Labute approximate surface area is 71.8 Å². The number of aliphatic carboxylic acids is 1. The molecule has 1 rings (SSSR count). The summed E-state index contributed by atoms with van der Waals surface area (Å²) < 4.78 is 4.19. The summed E-state index contributed by atoms with van der Waals surface area (Å²) in [5.74, 6) is -2.00. The van der Waals surface area contributed by atoms with Crippen LogP contribution >= 0.6 is 0 Å². The lowest BCUT2D eigenvalue weighted by Crippen LogP contribution is -2.12. The van der Waals surface area contributed by atoms with Gasteiger partial charge in [0.1, 0.15) is 5.69 Å². The number of primary amides is 1. The minimum Gasteiger partial charge on any atom is -0.478 e. The summed E-state index contributed by atoms with van der Waals surface area (Å²) in [5, 5.41) is 14.7. The molecule has 68 valence electrons. The summed E-state index contributed by atoms with van der Waals surface area (Å²) in [7, 11) is 0. The fraction of sp³-hybridized carbons (Fsp3) is 0. The van der Waals surface area contributed by atoms with Gasteiger partial charge in [0.2, 0.25) is 0 Å². The van der Waals surface area contributed by atoms with Crippen LogP contribution in [0, 0.1) is 0 Å². The smallest absolute Gasteiger partial charge is 0.328 e. The van der Waals surface area contributed by atoms with E-state index in [1.165, 1.54) is 0 Å². The molecule has 0 bridgehead atoms. The van der Waals surface area contributed by atoms with E-state index in [0.29, 0.717) is 0 Å². The van der Waals surface area contributed by atoms with E-state index < -0.39 is 11.9 Å². The van der Waals surface area contributed by atoms with Gasteiger partial charge in [0.05, 0.1) is 0 Å². The van der Waals surface area contributed by atoms with Crippen molar-refractivity contribution in [2.24, 2.45) is 5.73 Å². The number of hydrogen-bond donors (Lipinski definition) is 2. The quantitative estimate of drug-likeness (QED) is 0.596. The molecule has 1 aromatic rings. The first-order chi connectivity index (χ1) is 6.11. The topological polar surface area (TPSA) is 119 Å². The summed E-state index contributed by atoms with van der Waals surface area (Å²) in [4.78, 5) is 20.7. The number of carboxylic acid groups (broad SMARTS) is 1. The predicted molar refractivity (Wildman–Crippen MR) is 39.5 cm³/mol. The lowest BCUT2D eigenvalue weighted by molar-refractivity contribution is -0.131. The molecule has 0 saturated carbocycles. The van der Waals surface area contributed by atoms with E-state index in [2.05, 4.69) is 14.9 Å².